The molecular formula is C16H28N2O. The molecule has 0 heterocycles. The van der Waals surface area contributed by atoms with Crippen LogP contribution in [0, 0.1) is 19.8 Å². The lowest BCUT2D eigenvalue weighted by atomic mass is 9.90. The number of ether oxygens (including phenoxy) is 1. The van der Waals surface area contributed by atoms with Crippen LogP contribution in [0.15, 0.2) is 12.1 Å². The highest BCUT2D eigenvalue weighted by molar-refractivity contribution is 5.44. The third-order valence-corrected chi connectivity index (χ3v) is 4.01. The Morgan fingerprint density at radius 1 is 1.21 bits per heavy atom. The van der Waals surface area contributed by atoms with Gasteiger partial charge in [-0.25, -0.2) is 0 Å². The number of hydrogen-bond donors (Lipinski definition) is 1. The van der Waals surface area contributed by atoms with Crippen LogP contribution < -0.4 is 10.5 Å². The molecule has 2 atom stereocenters. The molecule has 0 fully saturated rings. The molecule has 19 heavy (non-hydrogen) atoms. The van der Waals surface area contributed by atoms with Gasteiger partial charge >= 0.3 is 0 Å². The summed E-state index contributed by atoms with van der Waals surface area (Å²) in [6, 6.07) is 4.67. The molecule has 0 aliphatic rings. The average molecular weight is 264 g/mol. The van der Waals surface area contributed by atoms with Crippen LogP contribution in [0.3, 0.4) is 0 Å². The molecule has 0 aliphatic heterocycles. The van der Waals surface area contributed by atoms with E-state index in [4.69, 9.17) is 10.5 Å². The molecule has 2 N–H and O–H groups in total. The van der Waals surface area contributed by atoms with Gasteiger partial charge in [0.2, 0.25) is 0 Å². The van der Waals surface area contributed by atoms with Gasteiger partial charge < -0.3 is 15.4 Å². The molecule has 0 spiro atoms. The fraction of sp³-hybridized carbons (Fsp3) is 0.625. The predicted molar refractivity (Wildman–Crippen MR) is 81.7 cm³/mol. The highest BCUT2D eigenvalue weighted by Gasteiger charge is 2.20. The quantitative estimate of drug-likeness (QED) is 0.858. The summed E-state index contributed by atoms with van der Waals surface area (Å²) in [6.07, 6.45) is 1.08. The third kappa shape index (κ3) is 3.71. The summed E-state index contributed by atoms with van der Waals surface area (Å²) in [7, 11) is 5.99. The molecule has 0 amide bonds. The first-order valence-corrected chi connectivity index (χ1v) is 6.92. The fourth-order valence-electron chi connectivity index (χ4n) is 2.49. The second kappa shape index (κ2) is 6.92. The zero-order valence-corrected chi connectivity index (χ0v) is 13.2. The summed E-state index contributed by atoms with van der Waals surface area (Å²) in [5.41, 5.74) is 9.70. The van der Waals surface area contributed by atoms with E-state index in [1.165, 1.54) is 16.7 Å². The molecule has 0 aliphatic carbocycles. The Hall–Kier alpha value is -1.06. The average Bonchev–Trinajstić information content (AvgIpc) is 2.39. The minimum absolute atomic E-state index is 0.406. The summed E-state index contributed by atoms with van der Waals surface area (Å²) in [4.78, 5) is 2.28. The van der Waals surface area contributed by atoms with Gasteiger partial charge in [0.15, 0.2) is 0 Å². The van der Waals surface area contributed by atoms with Crippen LogP contribution in [-0.4, -0.2) is 32.6 Å². The van der Waals surface area contributed by atoms with Crippen molar-refractivity contribution in [3.63, 3.8) is 0 Å². The SMILES string of the molecule is COc1ccc(C(CC(C)CN)N(C)C)c(C)c1C. The fourth-order valence-corrected chi connectivity index (χ4v) is 2.49. The van der Waals surface area contributed by atoms with Crippen LogP contribution in [-0.2, 0) is 0 Å². The first-order chi connectivity index (χ1) is 8.92. The van der Waals surface area contributed by atoms with Gasteiger partial charge in [-0.15, -0.1) is 0 Å². The number of benzene rings is 1. The van der Waals surface area contributed by atoms with Gasteiger partial charge in [0, 0.05) is 6.04 Å². The molecule has 0 radical (unpaired) electrons. The zero-order valence-electron chi connectivity index (χ0n) is 13.2. The highest BCUT2D eigenvalue weighted by Crippen LogP contribution is 2.32. The van der Waals surface area contributed by atoms with Crippen LogP contribution >= 0.6 is 0 Å². The summed E-state index contributed by atoms with van der Waals surface area (Å²) in [5.74, 6) is 1.49. The van der Waals surface area contributed by atoms with Crippen molar-refractivity contribution in [2.75, 3.05) is 27.7 Å². The van der Waals surface area contributed by atoms with Crippen molar-refractivity contribution in [2.45, 2.75) is 33.2 Å². The molecule has 1 aromatic carbocycles. The van der Waals surface area contributed by atoms with Gasteiger partial charge in [-0.1, -0.05) is 13.0 Å². The van der Waals surface area contributed by atoms with Crippen molar-refractivity contribution in [2.24, 2.45) is 11.7 Å². The Kier molecular flexibility index (Phi) is 5.83. The molecule has 0 bridgehead atoms. The standard InChI is InChI=1S/C16H28N2O/c1-11(10-17)9-15(18(4)5)14-7-8-16(19-6)13(3)12(14)2/h7-8,11,15H,9-10,17H2,1-6H3. The van der Waals surface area contributed by atoms with Crippen LogP contribution in [0.1, 0.15) is 36.1 Å². The van der Waals surface area contributed by atoms with Crippen molar-refractivity contribution in [1.29, 1.82) is 0 Å². The molecule has 0 saturated heterocycles. The van der Waals surface area contributed by atoms with Crippen molar-refractivity contribution in [1.82, 2.24) is 4.90 Å². The maximum Gasteiger partial charge on any atom is 0.122 e. The maximum atomic E-state index is 5.77. The van der Waals surface area contributed by atoms with E-state index in [0.29, 0.717) is 12.0 Å². The second-order valence-corrected chi connectivity index (χ2v) is 5.66. The van der Waals surface area contributed by atoms with Gasteiger partial charge in [-0.2, -0.15) is 0 Å². The van der Waals surface area contributed by atoms with E-state index in [0.717, 1.165) is 18.7 Å². The Balaban J connectivity index is 3.13. The zero-order chi connectivity index (χ0) is 14.6. The van der Waals surface area contributed by atoms with Gasteiger partial charge in [0.25, 0.3) is 0 Å². The number of methoxy groups -OCH3 is 1. The number of nitrogens with zero attached hydrogens (tertiary/aromatic N) is 1. The van der Waals surface area contributed by atoms with E-state index in [1.807, 2.05) is 0 Å². The first-order valence-electron chi connectivity index (χ1n) is 6.92. The summed E-state index contributed by atoms with van der Waals surface area (Å²) >= 11 is 0. The highest BCUT2D eigenvalue weighted by atomic mass is 16.5. The van der Waals surface area contributed by atoms with Gasteiger partial charge in [0.05, 0.1) is 7.11 Å². The minimum Gasteiger partial charge on any atom is -0.496 e. The van der Waals surface area contributed by atoms with E-state index < -0.39 is 0 Å². The second-order valence-electron chi connectivity index (χ2n) is 5.66. The van der Waals surface area contributed by atoms with Crippen molar-refractivity contribution in [3.8, 4) is 5.75 Å². The summed E-state index contributed by atoms with van der Waals surface area (Å²) in [5, 5.41) is 0. The van der Waals surface area contributed by atoms with Crippen molar-refractivity contribution >= 4 is 0 Å². The van der Waals surface area contributed by atoms with E-state index in [1.54, 1.807) is 7.11 Å². The van der Waals surface area contributed by atoms with Gasteiger partial charge in [0.1, 0.15) is 5.75 Å². The van der Waals surface area contributed by atoms with E-state index >= 15 is 0 Å². The van der Waals surface area contributed by atoms with Crippen LogP contribution in [0.25, 0.3) is 0 Å². The number of hydrogen-bond acceptors (Lipinski definition) is 3. The van der Waals surface area contributed by atoms with E-state index in [2.05, 4.69) is 51.9 Å². The molecule has 1 rings (SSSR count). The lowest BCUT2D eigenvalue weighted by molar-refractivity contribution is 0.254. The van der Waals surface area contributed by atoms with E-state index in [-0.39, 0.29) is 0 Å². The molecule has 108 valence electrons. The maximum absolute atomic E-state index is 5.77. The van der Waals surface area contributed by atoms with E-state index in [9.17, 15) is 0 Å². The Morgan fingerprint density at radius 3 is 2.32 bits per heavy atom. The Labute approximate surface area is 117 Å². The van der Waals surface area contributed by atoms with Crippen molar-refractivity contribution in [3.05, 3.63) is 28.8 Å². The van der Waals surface area contributed by atoms with Crippen LogP contribution in [0.5, 0.6) is 5.75 Å². The topological polar surface area (TPSA) is 38.5 Å². The molecule has 0 saturated carbocycles. The Bertz CT molecular complexity index is 415. The lowest BCUT2D eigenvalue weighted by Gasteiger charge is -2.29. The van der Waals surface area contributed by atoms with Gasteiger partial charge in [-0.3, -0.25) is 0 Å². The molecule has 3 heteroatoms. The summed E-state index contributed by atoms with van der Waals surface area (Å²) < 4.78 is 5.39. The molecule has 2 unspecified atom stereocenters. The molecular weight excluding hydrogens is 236 g/mol. The molecule has 0 aromatic heterocycles. The van der Waals surface area contributed by atoms with Crippen LogP contribution in [0.4, 0.5) is 0 Å². The minimum atomic E-state index is 0.406. The monoisotopic (exact) mass is 264 g/mol. The largest absolute Gasteiger partial charge is 0.496 e. The predicted octanol–water partition coefficient (Wildman–Crippen LogP) is 2.90. The smallest absolute Gasteiger partial charge is 0.122 e. The van der Waals surface area contributed by atoms with Crippen LogP contribution in [0.2, 0.25) is 0 Å². The van der Waals surface area contributed by atoms with Crippen molar-refractivity contribution < 1.29 is 4.74 Å². The number of nitrogens with two attached hydrogens (primary N) is 1. The number of rotatable bonds is 6. The molecule has 3 nitrogen and oxygen atoms in total. The Morgan fingerprint density at radius 2 is 1.84 bits per heavy atom. The third-order valence-electron chi connectivity index (χ3n) is 4.01. The lowest BCUT2D eigenvalue weighted by Crippen LogP contribution is -2.25. The summed E-state index contributed by atoms with van der Waals surface area (Å²) in [6.45, 7) is 7.24. The molecule has 1 aromatic rings. The van der Waals surface area contributed by atoms with Gasteiger partial charge in [-0.05, 0) is 69.6 Å². The first kappa shape index (κ1) is 16.0. The normalized spacial score (nSPS) is 14.5.